The van der Waals surface area contributed by atoms with Crippen LogP contribution in [0.2, 0.25) is 0 Å². The molecule has 1 atom stereocenters. The van der Waals surface area contributed by atoms with Gasteiger partial charge in [0.25, 0.3) is 0 Å². The topological polar surface area (TPSA) is 87.5 Å². The van der Waals surface area contributed by atoms with Crippen molar-refractivity contribution in [1.82, 2.24) is 10.5 Å². The first-order valence-electron chi connectivity index (χ1n) is 10.7. The number of nitrogens with zero attached hydrogens (tertiary/aromatic N) is 2. The highest BCUT2D eigenvalue weighted by Crippen LogP contribution is 2.31. The fraction of sp³-hybridized carbons (Fsp3) is 0.292. The van der Waals surface area contributed by atoms with Gasteiger partial charge in [0.1, 0.15) is 11.8 Å². The number of carbonyl (C=O) groups is 2. The van der Waals surface area contributed by atoms with Crippen LogP contribution in [-0.4, -0.2) is 29.7 Å². The molecule has 4 rings (SSSR count). The number of hydrogen-bond donors (Lipinski definition) is 2. The average molecular weight is 472 g/mol. The van der Waals surface area contributed by atoms with Crippen molar-refractivity contribution in [2.24, 2.45) is 0 Å². The molecular formula is C24H23F3N4O3. The number of nitrogens with one attached hydrogen (secondary N) is 2. The molecule has 1 aliphatic rings. The minimum Gasteiger partial charge on any atom is -0.361 e. The first-order valence-corrected chi connectivity index (χ1v) is 10.7. The van der Waals surface area contributed by atoms with Crippen LogP contribution in [0.4, 0.5) is 29.3 Å². The predicted octanol–water partition coefficient (Wildman–Crippen LogP) is 5.29. The van der Waals surface area contributed by atoms with Crippen LogP contribution in [-0.2, 0) is 11.0 Å². The van der Waals surface area contributed by atoms with E-state index in [9.17, 15) is 22.8 Å². The molecule has 2 aromatic carbocycles. The minimum atomic E-state index is -4.45. The third kappa shape index (κ3) is 4.90. The van der Waals surface area contributed by atoms with Crippen molar-refractivity contribution in [2.45, 2.75) is 38.9 Å². The van der Waals surface area contributed by atoms with Crippen LogP contribution in [0.1, 0.15) is 29.9 Å². The Kier molecular flexibility index (Phi) is 6.32. The molecule has 0 unspecified atom stereocenters. The maximum absolute atomic E-state index is 13.0. The van der Waals surface area contributed by atoms with Crippen LogP contribution in [0.25, 0.3) is 11.1 Å². The Morgan fingerprint density at radius 2 is 1.76 bits per heavy atom. The van der Waals surface area contributed by atoms with E-state index >= 15 is 0 Å². The van der Waals surface area contributed by atoms with E-state index in [0.29, 0.717) is 30.8 Å². The molecule has 0 bridgehead atoms. The lowest BCUT2D eigenvalue weighted by Gasteiger charge is -2.32. The van der Waals surface area contributed by atoms with E-state index in [2.05, 4.69) is 15.8 Å². The fourth-order valence-corrected chi connectivity index (χ4v) is 4.04. The SMILES string of the molecule is Cc1noc(C)c1-c1ccc(N2CCC[C@@H](NC(=O)Nc3ccc(C(F)(F)F)cc3)C2=O)cc1. The van der Waals surface area contributed by atoms with E-state index < -0.39 is 23.8 Å². The summed E-state index contributed by atoms with van der Waals surface area (Å²) in [7, 11) is 0. The highest BCUT2D eigenvalue weighted by Gasteiger charge is 2.32. The zero-order valence-electron chi connectivity index (χ0n) is 18.6. The second-order valence-corrected chi connectivity index (χ2v) is 8.10. The van der Waals surface area contributed by atoms with E-state index in [0.717, 1.165) is 41.1 Å². The third-order valence-corrected chi connectivity index (χ3v) is 5.72. The second kappa shape index (κ2) is 9.20. The van der Waals surface area contributed by atoms with Gasteiger partial charge in [-0.15, -0.1) is 0 Å². The molecule has 2 heterocycles. The largest absolute Gasteiger partial charge is 0.416 e. The van der Waals surface area contributed by atoms with Crippen LogP contribution in [0.5, 0.6) is 0 Å². The van der Waals surface area contributed by atoms with Gasteiger partial charge in [-0.2, -0.15) is 13.2 Å². The summed E-state index contributed by atoms with van der Waals surface area (Å²) in [6.07, 6.45) is -3.31. The van der Waals surface area contributed by atoms with Gasteiger partial charge in [-0.25, -0.2) is 4.79 Å². The van der Waals surface area contributed by atoms with Gasteiger partial charge in [0.2, 0.25) is 5.91 Å². The van der Waals surface area contributed by atoms with Gasteiger partial charge in [0.15, 0.2) is 0 Å². The fourth-order valence-electron chi connectivity index (χ4n) is 4.04. The minimum absolute atomic E-state index is 0.195. The number of anilines is 2. The van der Waals surface area contributed by atoms with Gasteiger partial charge in [0, 0.05) is 23.5 Å². The van der Waals surface area contributed by atoms with Gasteiger partial charge in [-0.3, -0.25) is 4.79 Å². The normalized spacial score (nSPS) is 16.4. The number of amides is 3. The van der Waals surface area contributed by atoms with E-state index in [4.69, 9.17) is 4.52 Å². The van der Waals surface area contributed by atoms with Crippen molar-refractivity contribution in [2.75, 3.05) is 16.8 Å². The number of benzene rings is 2. The Hall–Kier alpha value is -3.82. The number of halogens is 3. The van der Waals surface area contributed by atoms with Crippen molar-refractivity contribution < 1.29 is 27.3 Å². The number of alkyl halides is 3. The summed E-state index contributed by atoms with van der Waals surface area (Å²) in [5.41, 5.74) is 2.71. The predicted molar refractivity (Wildman–Crippen MR) is 120 cm³/mol. The zero-order valence-corrected chi connectivity index (χ0v) is 18.6. The summed E-state index contributed by atoms with van der Waals surface area (Å²) in [5, 5.41) is 9.06. The number of carbonyl (C=O) groups excluding carboxylic acids is 2. The van der Waals surface area contributed by atoms with Gasteiger partial charge < -0.3 is 20.1 Å². The Bertz CT molecular complexity index is 1170. The molecule has 0 aliphatic carbocycles. The highest BCUT2D eigenvalue weighted by molar-refractivity contribution is 6.01. The first kappa shape index (κ1) is 23.3. The van der Waals surface area contributed by atoms with Gasteiger partial charge >= 0.3 is 12.2 Å². The Morgan fingerprint density at radius 3 is 2.35 bits per heavy atom. The Morgan fingerprint density at radius 1 is 1.09 bits per heavy atom. The average Bonchev–Trinajstić information content (AvgIpc) is 3.13. The molecule has 0 saturated carbocycles. The maximum Gasteiger partial charge on any atom is 0.416 e. The number of aromatic nitrogens is 1. The molecule has 1 fully saturated rings. The Balaban J connectivity index is 1.40. The van der Waals surface area contributed by atoms with Gasteiger partial charge in [0.05, 0.1) is 11.3 Å². The molecule has 34 heavy (non-hydrogen) atoms. The number of piperidine rings is 1. The molecule has 3 amide bonds. The van der Waals surface area contributed by atoms with Crippen LogP contribution in [0, 0.1) is 13.8 Å². The van der Waals surface area contributed by atoms with Gasteiger partial charge in [-0.1, -0.05) is 17.3 Å². The van der Waals surface area contributed by atoms with Crippen LogP contribution < -0.4 is 15.5 Å². The molecule has 178 valence electrons. The lowest BCUT2D eigenvalue weighted by molar-refractivity contribution is -0.137. The Labute approximate surface area is 193 Å². The van der Waals surface area contributed by atoms with Crippen LogP contribution in [0.3, 0.4) is 0 Å². The quantitative estimate of drug-likeness (QED) is 0.540. The summed E-state index contributed by atoms with van der Waals surface area (Å²) in [4.78, 5) is 27.0. The number of rotatable bonds is 4. The molecule has 1 aromatic heterocycles. The highest BCUT2D eigenvalue weighted by atomic mass is 19.4. The van der Waals surface area contributed by atoms with Crippen molar-refractivity contribution in [1.29, 1.82) is 0 Å². The molecule has 2 N–H and O–H groups in total. The lowest BCUT2D eigenvalue weighted by Crippen LogP contribution is -2.53. The summed E-state index contributed by atoms with van der Waals surface area (Å²) in [6, 6.07) is 10.2. The van der Waals surface area contributed by atoms with E-state index in [1.54, 1.807) is 4.90 Å². The molecule has 1 saturated heterocycles. The summed E-state index contributed by atoms with van der Waals surface area (Å²) < 4.78 is 43.3. The summed E-state index contributed by atoms with van der Waals surface area (Å²) >= 11 is 0. The molecule has 7 nitrogen and oxygen atoms in total. The van der Waals surface area contributed by atoms with Crippen molar-refractivity contribution in [3.63, 3.8) is 0 Å². The van der Waals surface area contributed by atoms with E-state index in [-0.39, 0.29) is 11.6 Å². The smallest absolute Gasteiger partial charge is 0.361 e. The number of aryl methyl sites for hydroxylation is 2. The standard InChI is InChI=1S/C24H23F3N4O3/c1-14-21(15(2)34-30-14)16-5-11-19(12-6-16)31-13-3-4-20(22(31)32)29-23(33)28-18-9-7-17(8-10-18)24(25,26)27/h5-12,20H,3-4,13H2,1-2H3,(H2,28,29,33)/t20-/m1/s1. The van der Waals surface area contributed by atoms with Crippen molar-refractivity contribution >= 4 is 23.3 Å². The number of urea groups is 1. The third-order valence-electron chi connectivity index (χ3n) is 5.72. The van der Waals surface area contributed by atoms with Crippen molar-refractivity contribution in [3.8, 4) is 11.1 Å². The van der Waals surface area contributed by atoms with Gasteiger partial charge in [-0.05, 0) is 68.7 Å². The second-order valence-electron chi connectivity index (χ2n) is 8.10. The number of hydrogen-bond acceptors (Lipinski definition) is 4. The molecule has 0 spiro atoms. The van der Waals surface area contributed by atoms with E-state index in [1.165, 1.54) is 0 Å². The molecule has 10 heteroatoms. The monoisotopic (exact) mass is 472 g/mol. The van der Waals surface area contributed by atoms with E-state index in [1.807, 2.05) is 38.1 Å². The zero-order chi connectivity index (χ0) is 24.5. The molecular weight excluding hydrogens is 449 g/mol. The first-order chi connectivity index (χ1) is 16.1. The van der Waals surface area contributed by atoms with Crippen LogP contribution in [0.15, 0.2) is 53.1 Å². The molecule has 3 aromatic rings. The molecule has 1 aliphatic heterocycles. The molecule has 0 radical (unpaired) electrons. The van der Waals surface area contributed by atoms with Crippen LogP contribution >= 0.6 is 0 Å². The lowest BCUT2D eigenvalue weighted by atomic mass is 10.0. The van der Waals surface area contributed by atoms with Crippen molar-refractivity contribution in [3.05, 3.63) is 65.5 Å². The summed E-state index contributed by atoms with van der Waals surface area (Å²) in [6.45, 7) is 4.21. The summed E-state index contributed by atoms with van der Waals surface area (Å²) in [5.74, 6) is 0.460. The maximum atomic E-state index is 13.0.